The first-order chi connectivity index (χ1) is 9.15. The van der Waals surface area contributed by atoms with E-state index in [1.807, 2.05) is 24.3 Å². The maximum Gasteiger partial charge on any atom is 0.336 e. The number of aromatic carboxylic acids is 1. The first kappa shape index (κ1) is 13.1. The molecule has 0 atom stereocenters. The molecular formula is C16H16O3. The summed E-state index contributed by atoms with van der Waals surface area (Å²) in [6.45, 7) is 2.07. The SMILES string of the molecule is CCc1cccc(-c2cc(OC)ccc2C(=O)O)c1. The third-order valence-electron chi connectivity index (χ3n) is 3.10. The number of aryl methyl sites for hydroxylation is 1. The van der Waals surface area contributed by atoms with Crippen LogP contribution in [-0.2, 0) is 6.42 Å². The molecule has 0 radical (unpaired) electrons. The molecule has 0 heterocycles. The van der Waals surface area contributed by atoms with Gasteiger partial charge < -0.3 is 9.84 Å². The van der Waals surface area contributed by atoms with Crippen LogP contribution in [0.15, 0.2) is 42.5 Å². The minimum absolute atomic E-state index is 0.286. The minimum Gasteiger partial charge on any atom is -0.497 e. The second-order valence-corrected chi connectivity index (χ2v) is 4.27. The van der Waals surface area contributed by atoms with Gasteiger partial charge in [0, 0.05) is 0 Å². The van der Waals surface area contributed by atoms with Crippen LogP contribution < -0.4 is 4.74 Å². The van der Waals surface area contributed by atoms with E-state index in [1.165, 1.54) is 5.56 Å². The molecule has 0 amide bonds. The second kappa shape index (κ2) is 5.57. The zero-order valence-electron chi connectivity index (χ0n) is 11.0. The molecule has 0 bridgehead atoms. The molecule has 0 aliphatic carbocycles. The summed E-state index contributed by atoms with van der Waals surface area (Å²) in [6.07, 6.45) is 0.917. The van der Waals surface area contributed by atoms with Crippen molar-refractivity contribution in [1.82, 2.24) is 0 Å². The molecule has 0 unspecified atom stereocenters. The van der Waals surface area contributed by atoms with Gasteiger partial charge in [0.15, 0.2) is 0 Å². The number of carboxylic acid groups (broad SMARTS) is 1. The van der Waals surface area contributed by atoms with E-state index in [4.69, 9.17) is 4.74 Å². The summed E-state index contributed by atoms with van der Waals surface area (Å²) < 4.78 is 5.17. The Morgan fingerprint density at radius 3 is 2.63 bits per heavy atom. The smallest absolute Gasteiger partial charge is 0.336 e. The average molecular weight is 256 g/mol. The largest absolute Gasteiger partial charge is 0.497 e. The molecule has 3 heteroatoms. The maximum absolute atomic E-state index is 11.3. The van der Waals surface area contributed by atoms with Crippen molar-refractivity contribution in [3.05, 3.63) is 53.6 Å². The number of hydrogen-bond donors (Lipinski definition) is 1. The van der Waals surface area contributed by atoms with E-state index in [0.29, 0.717) is 11.3 Å². The van der Waals surface area contributed by atoms with E-state index in [0.717, 1.165) is 12.0 Å². The van der Waals surface area contributed by atoms with Crippen molar-refractivity contribution in [2.45, 2.75) is 13.3 Å². The summed E-state index contributed by atoms with van der Waals surface area (Å²) in [4.78, 5) is 11.3. The van der Waals surface area contributed by atoms with Gasteiger partial charge in [-0.15, -0.1) is 0 Å². The third kappa shape index (κ3) is 2.76. The Bertz CT molecular complexity index is 603. The lowest BCUT2D eigenvalue weighted by molar-refractivity contribution is 0.0697. The quantitative estimate of drug-likeness (QED) is 0.908. The number of rotatable bonds is 4. The molecular weight excluding hydrogens is 240 g/mol. The number of ether oxygens (including phenoxy) is 1. The molecule has 2 aromatic carbocycles. The van der Waals surface area contributed by atoms with E-state index in [-0.39, 0.29) is 5.56 Å². The van der Waals surface area contributed by atoms with Crippen LogP contribution in [0.25, 0.3) is 11.1 Å². The van der Waals surface area contributed by atoms with Gasteiger partial charge in [0.05, 0.1) is 12.7 Å². The van der Waals surface area contributed by atoms with Crippen LogP contribution in [0, 0.1) is 0 Å². The van der Waals surface area contributed by atoms with Gasteiger partial charge >= 0.3 is 5.97 Å². The molecule has 19 heavy (non-hydrogen) atoms. The molecule has 98 valence electrons. The normalized spacial score (nSPS) is 10.2. The first-order valence-corrected chi connectivity index (χ1v) is 6.16. The number of carboxylic acids is 1. The molecule has 3 nitrogen and oxygen atoms in total. The zero-order valence-corrected chi connectivity index (χ0v) is 11.0. The van der Waals surface area contributed by atoms with Crippen LogP contribution in [0.2, 0.25) is 0 Å². The Morgan fingerprint density at radius 2 is 2.00 bits per heavy atom. The van der Waals surface area contributed by atoms with Crippen molar-refractivity contribution in [2.75, 3.05) is 7.11 Å². The number of benzene rings is 2. The van der Waals surface area contributed by atoms with Crippen LogP contribution in [0.1, 0.15) is 22.8 Å². The molecule has 2 rings (SSSR count). The van der Waals surface area contributed by atoms with Gasteiger partial charge in [0.2, 0.25) is 0 Å². The standard InChI is InChI=1S/C16H16O3/c1-3-11-5-4-6-12(9-11)15-10-13(19-2)7-8-14(15)16(17)18/h4-10H,3H2,1-2H3,(H,17,18). The average Bonchev–Trinajstić information content (AvgIpc) is 2.46. The predicted octanol–water partition coefficient (Wildman–Crippen LogP) is 3.62. The lowest BCUT2D eigenvalue weighted by atomic mass is 9.97. The van der Waals surface area contributed by atoms with Crippen molar-refractivity contribution < 1.29 is 14.6 Å². The lowest BCUT2D eigenvalue weighted by Crippen LogP contribution is -2.00. The van der Waals surface area contributed by atoms with Crippen LogP contribution in [0.3, 0.4) is 0 Å². The van der Waals surface area contributed by atoms with Crippen LogP contribution in [0.5, 0.6) is 5.75 Å². The van der Waals surface area contributed by atoms with Crippen molar-refractivity contribution in [3.63, 3.8) is 0 Å². The highest BCUT2D eigenvalue weighted by Gasteiger charge is 2.13. The lowest BCUT2D eigenvalue weighted by Gasteiger charge is -2.10. The monoisotopic (exact) mass is 256 g/mol. The molecule has 2 aromatic rings. The highest BCUT2D eigenvalue weighted by Crippen LogP contribution is 2.28. The predicted molar refractivity (Wildman–Crippen MR) is 74.8 cm³/mol. The van der Waals surface area contributed by atoms with Crippen LogP contribution in [0.4, 0.5) is 0 Å². The van der Waals surface area contributed by atoms with Crippen molar-refractivity contribution in [1.29, 1.82) is 0 Å². The first-order valence-electron chi connectivity index (χ1n) is 6.16. The number of methoxy groups -OCH3 is 1. The molecule has 0 saturated carbocycles. The van der Waals surface area contributed by atoms with E-state index in [1.54, 1.807) is 25.3 Å². The molecule has 1 N–H and O–H groups in total. The van der Waals surface area contributed by atoms with Gasteiger partial charge in [-0.3, -0.25) is 0 Å². The second-order valence-electron chi connectivity index (χ2n) is 4.27. The molecule has 0 aromatic heterocycles. The highest BCUT2D eigenvalue weighted by molar-refractivity contribution is 5.96. The highest BCUT2D eigenvalue weighted by atomic mass is 16.5. The minimum atomic E-state index is -0.931. The van der Waals surface area contributed by atoms with Crippen molar-refractivity contribution in [3.8, 4) is 16.9 Å². The summed E-state index contributed by atoms with van der Waals surface area (Å²) in [5, 5.41) is 9.28. The fourth-order valence-corrected chi connectivity index (χ4v) is 2.03. The fourth-order valence-electron chi connectivity index (χ4n) is 2.03. The third-order valence-corrected chi connectivity index (χ3v) is 3.10. The summed E-state index contributed by atoms with van der Waals surface area (Å²) in [7, 11) is 1.57. The summed E-state index contributed by atoms with van der Waals surface area (Å²) in [5.41, 5.74) is 3.04. The van der Waals surface area contributed by atoms with E-state index in [9.17, 15) is 9.90 Å². The summed E-state index contributed by atoms with van der Waals surface area (Å²) >= 11 is 0. The maximum atomic E-state index is 11.3. The van der Waals surface area contributed by atoms with E-state index >= 15 is 0 Å². The molecule has 0 aliphatic rings. The number of carbonyl (C=O) groups is 1. The van der Waals surface area contributed by atoms with E-state index in [2.05, 4.69) is 6.92 Å². The molecule has 0 fully saturated rings. The van der Waals surface area contributed by atoms with Gasteiger partial charge in [-0.2, -0.15) is 0 Å². The van der Waals surface area contributed by atoms with Crippen molar-refractivity contribution in [2.24, 2.45) is 0 Å². The number of hydrogen-bond acceptors (Lipinski definition) is 2. The summed E-state index contributed by atoms with van der Waals surface area (Å²) in [6, 6.07) is 12.9. The van der Waals surface area contributed by atoms with E-state index < -0.39 is 5.97 Å². The molecule has 0 aliphatic heterocycles. The zero-order chi connectivity index (χ0) is 13.8. The van der Waals surface area contributed by atoms with Crippen LogP contribution in [-0.4, -0.2) is 18.2 Å². The topological polar surface area (TPSA) is 46.5 Å². The van der Waals surface area contributed by atoms with Gasteiger partial charge in [0.25, 0.3) is 0 Å². The Hall–Kier alpha value is -2.29. The molecule has 0 spiro atoms. The van der Waals surface area contributed by atoms with Gasteiger partial charge in [-0.1, -0.05) is 31.2 Å². The van der Waals surface area contributed by atoms with Gasteiger partial charge in [-0.05, 0) is 41.3 Å². The molecule has 0 saturated heterocycles. The van der Waals surface area contributed by atoms with Crippen molar-refractivity contribution >= 4 is 5.97 Å². The Kier molecular flexibility index (Phi) is 3.85. The van der Waals surface area contributed by atoms with Gasteiger partial charge in [0.1, 0.15) is 5.75 Å². The Labute approximate surface area is 112 Å². The fraction of sp³-hybridized carbons (Fsp3) is 0.188. The van der Waals surface area contributed by atoms with Crippen LogP contribution >= 0.6 is 0 Å². The Morgan fingerprint density at radius 1 is 1.21 bits per heavy atom. The summed E-state index contributed by atoms with van der Waals surface area (Å²) in [5.74, 6) is -0.276. The van der Waals surface area contributed by atoms with Gasteiger partial charge in [-0.25, -0.2) is 4.79 Å². The Balaban J connectivity index is 2.60.